The van der Waals surface area contributed by atoms with E-state index in [1.54, 1.807) is 25.1 Å². The van der Waals surface area contributed by atoms with Gasteiger partial charge in [0.05, 0.1) is 10.4 Å². The van der Waals surface area contributed by atoms with Crippen LogP contribution in [0.5, 0.6) is 0 Å². The van der Waals surface area contributed by atoms with E-state index in [0.29, 0.717) is 6.42 Å². The van der Waals surface area contributed by atoms with Crippen LogP contribution in [-0.2, 0) is 14.8 Å². The molecule has 19 heavy (non-hydrogen) atoms. The Balaban J connectivity index is 2.14. The minimum absolute atomic E-state index is 0.0998. The van der Waals surface area contributed by atoms with Gasteiger partial charge >= 0.3 is 0 Å². The summed E-state index contributed by atoms with van der Waals surface area (Å²) in [5.41, 5.74) is -0.805. The fourth-order valence-corrected chi connectivity index (χ4v) is 3.25. The highest BCUT2D eigenvalue weighted by atomic mass is 32.2. The summed E-state index contributed by atoms with van der Waals surface area (Å²) in [7, 11) is -3.79. The van der Waals surface area contributed by atoms with Crippen molar-refractivity contribution in [1.82, 2.24) is 10.0 Å². The predicted octanol–water partition coefficient (Wildman–Crippen LogP) is 1.02. The molecule has 0 radical (unpaired) electrons. The maximum atomic E-state index is 12.2. The van der Waals surface area contributed by atoms with Crippen molar-refractivity contribution in [3.63, 3.8) is 0 Å². The molecule has 2 rings (SSSR count). The highest BCUT2D eigenvalue weighted by Gasteiger charge is 2.36. The molecule has 1 atom stereocenters. The second-order valence-corrected chi connectivity index (χ2v) is 6.65. The van der Waals surface area contributed by atoms with Gasteiger partial charge in [-0.1, -0.05) is 18.2 Å². The Morgan fingerprint density at radius 3 is 2.53 bits per heavy atom. The van der Waals surface area contributed by atoms with Gasteiger partial charge in [-0.25, -0.2) is 13.1 Å². The molecule has 0 saturated carbocycles. The fourth-order valence-electron chi connectivity index (χ4n) is 2.14. The topological polar surface area (TPSA) is 75.3 Å². The van der Waals surface area contributed by atoms with Gasteiger partial charge in [-0.3, -0.25) is 4.79 Å². The lowest BCUT2D eigenvalue weighted by Gasteiger charge is -2.33. The second-order valence-electron chi connectivity index (χ2n) is 4.96. The summed E-state index contributed by atoms with van der Waals surface area (Å²) in [4.78, 5) is 12.3. The van der Waals surface area contributed by atoms with Gasteiger partial charge in [0, 0.05) is 0 Å². The zero-order valence-corrected chi connectivity index (χ0v) is 11.7. The average Bonchev–Trinajstić information content (AvgIpc) is 2.40. The Morgan fingerprint density at radius 2 is 1.95 bits per heavy atom. The monoisotopic (exact) mass is 282 g/mol. The number of hydrogen-bond acceptors (Lipinski definition) is 4. The molecule has 1 unspecified atom stereocenters. The van der Waals surface area contributed by atoms with E-state index in [4.69, 9.17) is 0 Å². The molecule has 1 aromatic carbocycles. The van der Waals surface area contributed by atoms with E-state index >= 15 is 0 Å². The van der Waals surface area contributed by atoms with Crippen molar-refractivity contribution in [2.24, 2.45) is 0 Å². The third kappa shape index (κ3) is 3.13. The SMILES string of the molecule is CC1(C(=O)NS(=O)(=O)c2ccccc2)CCCCN1. The largest absolute Gasteiger partial charge is 0.304 e. The van der Waals surface area contributed by atoms with E-state index in [2.05, 4.69) is 10.0 Å². The third-order valence-electron chi connectivity index (χ3n) is 3.40. The Morgan fingerprint density at radius 1 is 1.26 bits per heavy atom. The number of carbonyl (C=O) groups excluding carboxylic acids is 1. The smallest absolute Gasteiger partial charge is 0.264 e. The number of amides is 1. The van der Waals surface area contributed by atoms with Crippen molar-refractivity contribution in [3.8, 4) is 0 Å². The van der Waals surface area contributed by atoms with Crippen molar-refractivity contribution >= 4 is 15.9 Å². The minimum Gasteiger partial charge on any atom is -0.304 e. The molecule has 1 fully saturated rings. The molecule has 0 bridgehead atoms. The first-order chi connectivity index (χ1) is 8.94. The number of carbonyl (C=O) groups is 1. The summed E-state index contributed by atoms with van der Waals surface area (Å²) in [6.45, 7) is 2.47. The lowest BCUT2D eigenvalue weighted by Crippen LogP contribution is -2.57. The van der Waals surface area contributed by atoms with Gasteiger partial charge in [0.15, 0.2) is 0 Å². The van der Waals surface area contributed by atoms with E-state index in [-0.39, 0.29) is 4.90 Å². The van der Waals surface area contributed by atoms with Gasteiger partial charge < -0.3 is 5.32 Å². The molecular formula is C13H18N2O3S. The Kier molecular flexibility index (Phi) is 3.91. The lowest BCUT2D eigenvalue weighted by molar-refractivity contribution is -0.126. The molecule has 1 amide bonds. The average molecular weight is 282 g/mol. The van der Waals surface area contributed by atoms with Crippen LogP contribution in [0, 0.1) is 0 Å². The van der Waals surface area contributed by atoms with E-state index in [1.807, 2.05) is 0 Å². The molecule has 1 saturated heterocycles. The molecule has 1 aliphatic heterocycles. The molecule has 1 aliphatic rings. The first-order valence-electron chi connectivity index (χ1n) is 6.31. The van der Waals surface area contributed by atoms with Crippen molar-refractivity contribution in [2.45, 2.75) is 36.6 Å². The van der Waals surface area contributed by atoms with E-state index in [1.165, 1.54) is 12.1 Å². The van der Waals surface area contributed by atoms with Crippen LogP contribution in [-0.4, -0.2) is 26.4 Å². The molecule has 1 aromatic rings. The van der Waals surface area contributed by atoms with E-state index < -0.39 is 21.5 Å². The van der Waals surface area contributed by atoms with Crippen LogP contribution in [0.4, 0.5) is 0 Å². The maximum absolute atomic E-state index is 12.2. The first-order valence-corrected chi connectivity index (χ1v) is 7.80. The zero-order valence-electron chi connectivity index (χ0n) is 10.8. The quantitative estimate of drug-likeness (QED) is 0.868. The van der Waals surface area contributed by atoms with Crippen LogP contribution in [0.1, 0.15) is 26.2 Å². The predicted molar refractivity (Wildman–Crippen MR) is 72.0 cm³/mol. The Hall–Kier alpha value is -1.40. The van der Waals surface area contributed by atoms with Crippen LogP contribution in [0.15, 0.2) is 35.2 Å². The number of sulfonamides is 1. The first kappa shape index (κ1) is 14.0. The molecule has 0 aromatic heterocycles. The highest BCUT2D eigenvalue weighted by molar-refractivity contribution is 7.90. The molecule has 2 N–H and O–H groups in total. The van der Waals surface area contributed by atoms with E-state index in [9.17, 15) is 13.2 Å². The fraction of sp³-hybridized carbons (Fsp3) is 0.462. The zero-order chi connectivity index (χ0) is 13.9. The summed E-state index contributed by atoms with van der Waals surface area (Å²) >= 11 is 0. The lowest BCUT2D eigenvalue weighted by atomic mass is 9.90. The van der Waals surface area contributed by atoms with Crippen molar-refractivity contribution in [3.05, 3.63) is 30.3 Å². The normalized spacial score (nSPS) is 23.8. The third-order valence-corrected chi connectivity index (χ3v) is 4.75. The van der Waals surface area contributed by atoms with Gasteiger partial charge in [0.1, 0.15) is 0 Å². The summed E-state index contributed by atoms with van der Waals surface area (Å²) < 4.78 is 26.3. The van der Waals surface area contributed by atoms with Gasteiger partial charge in [0.25, 0.3) is 15.9 Å². The molecule has 0 aliphatic carbocycles. The molecule has 0 spiro atoms. The second kappa shape index (κ2) is 5.30. The van der Waals surface area contributed by atoms with Gasteiger partial charge in [-0.05, 0) is 44.9 Å². The van der Waals surface area contributed by atoms with Gasteiger partial charge in [-0.15, -0.1) is 0 Å². The van der Waals surface area contributed by atoms with Crippen molar-refractivity contribution in [2.75, 3.05) is 6.54 Å². The van der Waals surface area contributed by atoms with Crippen LogP contribution in [0.25, 0.3) is 0 Å². The molecular weight excluding hydrogens is 264 g/mol. The Labute approximate surface area is 113 Å². The molecule has 5 nitrogen and oxygen atoms in total. The number of hydrogen-bond donors (Lipinski definition) is 2. The summed E-state index contributed by atoms with van der Waals surface area (Å²) in [5.74, 6) is -0.490. The van der Waals surface area contributed by atoms with Crippen molar-refractivity contribution < 1.29 is 13.2 Å². The van der Waals surface area contributed by atoms with Crippen LogP contribution < -0.4 is 10.0 Å². The molecule has 1 heterocycles. The summed E-state index contributed by atoms with van der Waals surface area (Å²) in [5, 5.41) is 3.09. The highest BCUT2D eigenvalue weighted by Crippen LogP contribution is 2.19. The molecule has 6 heteroatoms. The van der Waals surface area contributed by atoms with Crippen LogP contribution >= 0.6 is 0 Å². The number of nitrogens with one attached hydrogen (secondary N) is 2. The summed E-state index contributed by atoms with van der Waals surface area (Å²) in [6, 6.07) is 7.91. The molecule has 104 valence electrons. The maximum Gasteiger partial charge on any atom is 0.264 e. The number of benzene rings is 1. The minimum atomic E-state index is -3.79. The van der Waals surface area contributed by atoms with Crippen molar-refractivity contribution in [1.29, 1.82) is 0 Å². The Bertz CT molecular complexity index is 549. The number of rotatable bonds is 3. The van der Waals surface area contributed by atoms with Crippen LogP contribution in [0.2, 0.25) is 0 Å². The van der Waals surface area contributed by atoms with Gasteiger partial charge in [-0.2, -0.15) is 0 Å². The van der Waals surface area contributed by atoms with Crippen LogP contribution in [0.3, 0.4) is 0 Å². The van der Waals surface area contributed by atoms with E-state index in [0.717, 1.165) is 19.4 Å². The standard InChI is InChI=1S/C13H18N2O3S/c1-13(9-5-6-10-14-13)12(16)15-19(17,18)11-7-3-2-4-8-11/h2-4,7-8,14H,5-6,9-10H2,1H3,(H,15,16). The summed E-state index contributed by atoms with van der Waals surface area (Å²) in [6.07, 6.45) is 2.57. The number of piperidine rings is 1. The van der Waals surface area contributed by atoms with Gasteiger partial charge in [0.2, 0.25) is 0 Å².